The van der Waals surface area contributed by atoms with E-state index in [1.807, 2.05) is 0 Å². The van der Waals surface area contributed by atoms with E-state index in [-0.39, 0.29) is 12.8 Å². The highest BCUT2D eigenvalue weighted by Crippen LogP contribution is 2.33. The van der Waals surface area contributed by atoms with Gasteiger partial charge in [-0.3, -0.25) is 9.59 Å². The molecule has 0 radical (unpaired) electrons. The van der Waals surface area contributed by atoms with Gasteiger partial charge in [0, 0.05) is 17.4 Å². The Labute approximate surface area is 139 Å². The number of hydrogen-bond acceptors (Lipinski definition) is 3. The van der Waals surface area contributed by atoms with E-state index in [2.05, 4.69) is 0 Å². The topological polar surface area (TPSA) is 74.6 Å². The second-order valence-corrected chi connectivity index (χ2v) is 5.94. The van der Waals surface area contributed by atoms with Crippen molar-refractivity contribution in [1.82, 2.24) is 0 Å². The monoisotopic (exact) mass is 332 g/mol. The molecule has 0 aliphatic heterocycles. The number of benzene rings is 2. The Morgan fingerprint density at radius 3 is 2.04 bits per heavy atom. The van der Waals surface area contributed by atoms with Crippen LogP contribution < -0.4 is 0 Å². The molecule has 0 aliphatic rings. The number of aliphatic hydroxyl groups is 1. The molecule has 2 aromatic rings. The van der Waals surface area contributed by atoms with Crippen molar-refractivity contribution in [2.75, 3.05) is 0 Å². The van der Waals surface area contributed by atoms with E-state index >= 15 is 0 Å². The van der Waals surface area contributed by atoms with Crippen LogP contribution in [-0.4, -0.2) is 27.3 Å². The highest BCUT2D eigenvalue weighted by molar-refractivity contribution is 6.22. The molecule has 0 saturated carbocycles. The van der Waals surface area contributed by atoms with Crippen molar-refractivity contribution in [2.24, 2.45) is 0 Å². The summed E-state index contributed by atoms with van der Waals surface area (Å²) in [5.74, 6) is -1.58. The zero-order chi connectivity index (χ0) is 16.9. The van der Waals surface area contributed by atoms with Gasteiger partial charge in [0.1, 0.15) is 0 Å². The van der Waals surface area contributed by atoms with E-state index in [1.54, 1.807) is 60.7 Å². The molecule has 0 saturated heterocycles. The van der Waals surface area contributed by atoms with Gasteiger partial charge >= 0.3 is 5.97 Å². The van der Waals surface area contributed by atoms with Crippen LogP contribution in [0.3, 0.4) is 0 Å². The number of aliphatic carboxylic acids is 1. The summed E-state index contributed by atoms with van der Waals surface area (Å²) in [6.45, 7) is 0. The maximum absolute atomic E-state index is 12.8. The molecule has 120 valence electrons. The summed E-state index contributed by atoms with van der Waals surface area (Å²) in [4.78, 5) is 23.7. The summed E-state index contributed by atoms with van der Waals surface area (Å²) in [6.07, 6.45) is -0.517. The number of carbonyl (C=O) groups is 2. The lowest BCUT2D eigenvalue weighted by atomic mass is 9.82. The second-order valence-electron chi connectivity index (χ2n) is 5.32. The predicted octanol–water partition coefficient (Wildman–Crippen LogP) is 3.23. The van der Waals surface area contributed by atoms with Crippen molar-refractivity contribution in [2.45, 2.75) is 23.8 Å². The van der Waals surface area contributed by atoms with Gasteiger partial charge in [0.25, 0.3) is 0 Å². The number of carboxylic acids is 1. The van der Waals surface area contributed by atoms with E-state index in [4.69, 9.17) is 16.7 Å². The van der Waals surface area contributed by atoms with Crippen molar-refractivity contribution in [3.05, 3.63) is 71.8 Å². The maximum atomic E-state index is 12.8. The summed E-state index contributed by atoms with van der Waals surface area (Å²) >= 11 is 6.05. The third kappa shape index (κ3) is 4.18. The van der Waals surface area contributed by atoms with Crippen LogP contribution in [0.25, 0.3) is 0 Å². The zero-order valence-corrected chi connectivity index (χ0v) is 13.1. The van der Waals surface area contributed by atoms with E-state index in [1.165, 1.54) is 0 Å². The largest absolute Gasteiger partial charge is 0.481 e. The number of carbonyl (C=O) groups excluding carboxylic acids is 1. The molecule has 4 nitrogen and oxygen atoms in total. The first-order chi connectivity index (χ1) is 10.9. The molecule has 23 heavy (non-hydrogen) atoms. The van der Waals surface area contributed by atoms with Gasteiger partial charge in [-0.2, -0.15) is 0 Å². The summed E-state index contributed by atoms with van der Waals surface area (Å²) in [6, 6.07) is 16.8. The van der Waals surface area contributed by atoms with Crippen molar-refractivity contribution in [3.8, 4) is 0 Å². The molecular weight excluding hydrogens is 316 g/mol. The van der Waals surface area contributed by atoms with Gasteiger partial charge in [-0.05, 0) is 5.56 Å². The van der Waals surface area contributed by atoms with E-state index in [9.17, 15) is 14.7 Å². The summed E-state index contributed by atoms with van der Waals surface area (Å²) < 4.78 is 0. The number of alkyl halides is 1. The quantitative estimate of drug-likeness (QED) is 0.603. The highest BCUT2D eigenvalue weighted by Gasteiger charge is 2.40. The lowest BCUT2D eigenvalue weighted by Crippen LogP contribution is -2.38. The first-order valence-corrected chi connectivity index (χ1v) is 7.61. The molecule has 2 unspecified atom stereocenters. The fraction of sp³-hybridized carbons (Fsp3) is 0.222. The minimum absolute atomic E-state index is 0.182. The van der Waals surface area contributed by atoms with Crippen molar-refractivity contribution in [1.29, 1.82) is 0 Å². The minimum Gasteiger partial charge on any atom is -0.481 e. The number of Topliss-reactive ketones (excluding diaryl/α,β-unsaturated/α-hetero) is 1. The molecule has 0 aliphatic carbocycles. The van der Waals surface area contributed by atoms with Gasteiger partial charge in [0.05, 0.1) is 6.42 Å². The Hall–Kier alpha value is -2.17. The number of halogens is 1. The van der Waals surface area contributed by atoms with Crippen LogP contribution in [0.5, 0.6) is 0 Å². The number of carboxylic acid groups (broad SMARTS) is 1. The third-order valence-corrected chi connectivity index (χ3v) is 3.88. The van der Waals surface area contributed by atoms with Crippen molar-refractivity contribution in [3.63, 3.8) is 0 Å². The Kier molecular flexibility index (Phi) is 5.53. The highest BCUT2D eigenvalue weighted by atomic mass is 35.5. The lowest BCUT2D eigenvalue weighted by molar-refractivity contribution is -0.137. The standard InChI is InChI=1S/C18H17ClO4/c19-15(11-16(20)21)12-18(23,14-9-5-2-6-10-14)17(22)13-7-3-1-4-8-13/h1-10,15,23H,11-12H2,(H,20,21). The molecule has 0 bridgehead atoms. The molecule has 0 fully saturated rings. The first-order valence-electron chi connectivity index (χ1n) is 7.17. The zero-order valence-electron chi connectivity index (χ0n) is 12.4. The molecular formula is C18H17ClO4. The van der Waals surface area contributed by atoms with Crippen molar-refractivity contribution >= 4 is 23.4 Å². The van der Waals surface area contributed by atoms with Gasteiger partial charge in [-0.15, -0.1) is 11.6 Å². The Balaban J connectivity index is 2.39. The summed E-state index contributed by atoms with van der Waals surface area (Å²) in [5, 5.41) is 19.0. The second kappa shape index (κ2) is 7.40. The number of ketones is 1. The summed E-state index contributed by atoms with van der Waals surface area (Å²) in [7, 11) is 0. The Bertz CT molecular complexity index is 672. The van der Waals surface area contributed by atoms with E-state index in [0.29, 0.717) is 11.1 Å². The molecule has 5 heteroatoms. The van der Waals surface area contributed by atoms with Crippen LogP contribution in [0.15, 0.2) is 60.7 Å². The van der Waals surface area contributed by atoms with Gasteiger partial charge < -0.3 is 10.2 Å². The molecule has 0 aromatic heterocycles. The molecule has 0 spiro atoms. The molecule has 2 N–H and O–H groups in total. The fourth-order valence-electron chi connectivity index (χ4n) is 2.47. The van der Waals surface area contributed by atoms with E-state index < -0.39 is 22.7 Å². The minimum atomic E-state index is -1.87. The normalized spacial score (nSPS) is 14.7. The molecule has 2 rings (SSSR count). The van der Waals surface area contributed by atoms with Crippen LogP contribution in [0.4, 0.5) is 0 Å². The van der Waals surface area contributed by atoms with Gasteiger partial charge in [-0.1, -0.05) is 60.7 Å². The van der Waals surface area contributed by atoms with Crippen LogP contribution in [0.2, 0.25) is 0 Å². The average Bonchev–Trinajstić information content (AvgIpc) is 2.54. The number of hydrogen-bond donors (Lipinski definition) is 2. The van der Waals surface area contributed by atoms with Gasteiger partial charge in [0.15, 0.2) is 11.4 Å². The molecule has 2 aromatic carbocycles. The van der Waals surface area contributed by atoms with Crippen LogP contribution in [-0.2, 0) is 10.4 Å². The molecule has 0 amide bonds. The fourth-order valence-corrected chi connectivity index (χ4v) is 2.82. The SMILES string of the molecule is O=C(O)CC(Cl)CC(O)(C(=O)c1ccccc1)c1ccccc1. The Morgan fingerprint density at radius 1 is 1.00 bits per heavy atom. The van der Waals surface area contributed by atoms with E-state index in [0.717, 1.165) is 0 Å². The van der Waals surface area contributed by atoms with Crippen molar-refractivity contribution < 1.29 is 19.8 Å². The Morgan fingerprint density at radius 2 is 1.52 bits per heavy atom. The van der Waals surface area contributed by atoms with Crippen LogP contribution in [0.1, 0.15) is 28.8 Å². The molecule has 0 heterocycles. The van der Waals surface area contributed by atoms with Crippen LogP contribution in [0, 0.1) is 0 Å². The maximum Gasteiger partial charge on any atom is 0.304 e. The van der Waals surface area contributed by atoms with Gasteiger partial charge in [-0.25, -0.2) is 0 Å². The number of rotatable bonds is 7. The van der Waals surface area contributed by atoms with Gasteiger partial charge in [0.2, 0.25) is 0 Å². The lowest BCUT2D eigenvalue weighted by Gasteiger charge is -2.29. The molecule has 2 atom stereocenters. The first kappa shape index (κ1) is 17.2. The summed E-state index contributed by atoms with van der Waals surface area (Å²) in [5.41, 5.74) is -1.13. The predicted molar refractivity (Wildman–Crippen MR) is 87.6 cm³/mol. The smallest absolute Gasteiger partial charge is 0.304 e. The average molecular weight is 333 g/mol. The van der Waals surface area contributed by atoms with Crippen LogP contribution >= 0.6 is 11.6 Å². The third-order valence-electron chi connectivity index (χ3n) is 3.58.